The Balaban J connectivity index is 1.65. The summed E-state index contributed by atoms with van der Waals surface area (Å²) in [5, 5.41) is 7.46. The summed E-state index contributed by atoms with van der Waals surface area (Å²) in [6, 6.07) is 6.06. The number of carbonyl (C=O) groups excluding carboxylic acids is 1. The second-order valence-electron chi connectivity index (χ2n) is 7.79. The lowest BCUT2D eigenvalue weighted by atomic mass is 10.1. The zero-order valence-electron chi connectivity index (χ0n) is 17.0. The van der Waals surface area contributed by atoms with Crippen molar-refractivity contribution in [2.75, 3.05) is 32.8 Å². The molecule has 1 fully saturated rings. The van der Waals surface area contributed by atoms with Gasteiger partial charge in [0.05, 0.1) is 35.3 Å². The standard InChI is InChI=1S/C21H29FN4O2/c1-14(2)12-25-9-10-28-19(13-25)11-23-21(27)20-15(3)24-26(16(20)4)18-7-5-17(22)6-8-18/h5-8,14,19H,9-13H2,1-4H3,(H,23,27). The second kappa shape index (κ2) is 8.84. The van der Waals surface area contributed by atoms with Crippen molar-refractivity contribution in [2.45, 2.75) is 33.8 Å². The van der Waals surface area contributed by atoms with E-state index in [9.17, 15) is 9.18 Å². The maximum Gasteiger partial charge on any atom is 0.255 e. The van der Waals surface area contributed by atoms with Gasteiger partial charge in [0.2, 0.25) is 0 Å². The first-order valence-electron chi connectivity index (χ1n) is 9.79. The van der Waals surface area contributed by atoms with Crippen LogP contribution in [0.4, 0.5) is 4.39 Å². The molecule has 1 aromatic carbocycles. The lowest BCUT2D eigenvalue weighted by Crippen LogP contribution is -2.48. The minimum atomic E-state index is -0.303. The molecule has 6 nitrogen and oxygen atoms in total. The molecule has 1 unspecified atom stereocenters. The summed E-state index contributed by atoms with van der Waals surface area (Å²) in [5.74, 6) is 0.145. The fourth-order valence-corrected chi connectivity index (χ4v) is 3.69. The smallest absolute Gasteiger partial charge is 0.255 e. The number of ether oxygens (including phenoxy) is 1. The van der Waals surface area contributed by atoms with Crippen molar-refractivity contribution in [3.05, 3.63) is 47.0 Å². The molecule has 0 aliphatic carbocycles. The Morgan fingerprint density at radius 2 is 2.04 bits per heavy atom. The van der Waals surface area contributed by atoms with Gasteiger partial charge in [-0.1, -0.05) is 13.8 Å². The molecule has 1 amide bonds. The molecule has 7 heteroatoms. The van der Waals surface area contributed by atoms with Crippen LogP contribution >= 0.6 is 0 Å². The van der Waals surface area contributed by atoms with E-state index in [0.29, 0.717) is 30.3 Å². The molecule has 1 atom stereocenters. The molecule has 0 bridgehead atoms. The highest BCUT2D eigenvalue weighted by molar-refractivity contribution is 5.96. The van der Waals surface area contributed by atoms with Crippen LogP contribution in [-0.4, -0.2) is 59.5 Å². The minimum Gasteiger partial charge on any atom is -0.374 e. The van der Waals surface area contributed by atoms with Gasteiger partial charge in [0.25, 0.3) is 5.91 Å². The van der Waals surface area contributed by atoms with E-state index in [0.717, 1.165) is 31.0 Å². The summed E-state index contributed by atoms with van der Waals surface area (Å²) in [6.45, 7) is 12.0. The van der Waals surface area contributed by atoms with Crippen LogP contribution in [0.15, 0.2) is 24.3 Å². The average molecular weight is 388 g/mol. The number of amides is 1. The lowest BCUT2D eigenvalue weighted by Gasteiger charge is -2.33. The van der Waals surface area contributed by atoms with Crippen LogP contribution in [0.25, 0.3) is 5.69 Å². The highest BCUT2D eigenvalue weighted by Crippen LogP contribution is 2.18. The topological polar surface area (TPSA) is 59.4 Å². The van der Waals surface area contributed by atoms with Gasteiger partial charge in [0.15, 0.2) is 0 Å². The van der Waals surface area contributed by atoms with Crippen molar-refractivity contribution >= 4 is 5.91 Å². The molecule has 1 saturated heterocycles. The van der Waals surface area contributed by atoms with Crippen molar-refractivity contribution in [2.24, 2.45) is 5.92 Å². The number of hydrogen-bond donors (Lipinski definition) is 1. The van der Waals surface area contributed by atoms with Crippen molar-refractivity contribution in [1.82, 2.24) is 20.0 Å². The van der Waals surface area contributed by atoms with Gasteiger partial charge in [-0.2, -0.15) is 5.10 Å². The van der Waals surface area contributed by atoms with Gasteiger partial charge in [-0.3, -0.25) is 9.69 Å². The van der Waals surface area contributed by atoms with Gasteiger partial charge < -0.3 is 10.1 Å². The number of aryl methyl sites for hydroxylation is 1. The molecular weight excluding hydrogens is 359 g/mol. The Morgan fingerprint density at radius 3 is 2.71 bits per heavy atom. The summed E-state index contributed by atoms with van der Waals surface area (Å²) in [6.07, 6.45) is -0.00999. The fraction of sp³-hybridized carbons (Fsp3) is 0.524. The van der Waals surface area contributed by atoms with Crippen LogP contribution in [0.1, 0.15) is 35.6 Å². The van der Waals surface area contributed by atoms with Crippen molar-refractivity contribution in [1.29, 1.82) is 0 Å². The summed E-state index contributed by atoms with van der Waals surface area (Å²) in [4.78, 5) is 15.2. The molecule has 0 radical (unpaired) electrons. The summed E-state index contributed by atoms with van der Waals surface area (Å²) < 4.78 is 20.7. The molecule has 1 aromatic heterocycles. The molecule has 0 saturated carbocycles. The molecule has 1 N–H and O–H groups in total. The maximum atomic E-state index is 13.2. The van der Waals surface area contributed by atoms with Crippen LogP contribution in [0.3, 0.4) is 0 Å². The highest BCUT2D eigenvalue weighted by atomic mass is 19.1. The number of hydrogen-bond acceptors (Lipinski definition) is 4. The number of benzene rings is 1. The van der Waals surface area contributed by atoms with E-state index >= 15 is 0 Å². The number of rotatable bonds is 6. The van der Waals surface area contributed by atoms with Gasteiger partial charge in [-0.05, 0) is 44.0 Å². The normalized spacial score (nSPS) is 17.9. The number of nitrogens with one attached hydrogen (secondary N) is 1. The third-order valence-corrected chi connectivity index (χ3v) is 4.93. The molecular formula is C21H29FN4O2. The summed E-state index contributed by atoms with van der Waals surface area (Å²) in [7, 11) is 0. The predicted molar refractivity (Wildman–Crippen MR) is 106 cm³/mol. The van der Waals surface area contributed by atoms with E-state index in [1.54, 1.807) is 16.8 Å². The Labute approximate surface area is 165 Å². The Bertz CT molecular complexity index is 817. The molecule has 1 aliphatic heterocycles. The first-order valence-corrected chi connectivity index (χ1v) is 9.79. The van der Waals surface area contributed by atoms with Gasteiger partial charge in [-0.15, -0.1) is 0 Å². The molecule has 2 heterocycles. The van der Waals surface area contributed by atoms with E-state index < -0.39 is 0 Å². The average Bonchev–Trinajstić information content (AvgIpc) is 2.94. The van der Waals surface area contributed by atoms with E-state index in [-0.39, 0.29) is 17.8 Å². The van der Waals surface area contributed by atoms with Crippen molar-refractivity contribution in [3.8, 4) is 5.69 Å². The number of halogens is 1. The molecule has 1 aliphatic rings. The Hall–Kier alpha value is -2.25. The number of carbonyl (C=O) groups is 1. The van der Waals surface area contributed by atoms with Crippen molar-refractivity contribution < 1.29 is 13.9 Å². The van der Waals surface area contributed by atoms with E-state index in [2.05, 4.69) is 29.2 Å². The first-order chi connectivity index (χ1) is 13.3. The Kier molecular flexibility index (Phi) is 6.46. The van der Waals surface area contributed by atoms with E-state index in [1.165, 1.54) is 12.1 Å². The van der Waals surface area contributed by atoms with Crippen LogP contribution in [0.2, 0.25) is 0 Å². The predicted octanol–water partition coefficient (Wildman–Crippen LogP) is 2.71. The third kappa shape index (κ3) is 4.77. The monoisotopic (exact) mass is 388 g/mol. The summed E-state index contributed by atoms with van der Waals surface area (Å²) >= 11 is 0. The van der Waals surface area contributed by atoms with Crippen LogP contribution < -0.4 is 5.32 Å². The van der Waals surface area contributed by atoms with E-state index in [1.807, 2.05) is 13.8 Å². The number of morpholine rings is 1. The molecule has 28 heavy (non-hydrogen) atoms. The van der Waals surface area contributed by atoms with Crippen LogP contribution in [0.5, 0.6) is 0 Å². The number of aromatic nitrogens is 2. The third-order valence-electron chi connectivity index (χ3n) is 4.93. The van der Waals surface area contributed by atoms with Crippen LogP contribution in [0, 0.1) is 25.6 Å². The van der Waals surface area contributed by atoms with Crippen molar-refractivity contribution in [3.63, 3.8) is 0 Å². The minimum absolute atomic E-state index is 0.00999. The zero-order valence-corrected chi connectivity index (χ0v) is 17.0. The van der Waals surface area contributed by atoms with Gasteiger partial charge in [-0.25, -0.2) is 9.07 Å². The fourth-order valence-electron chi connectivity index (χ4n) is 3.69. The summed E-state index contributed by atoms with van der Waals surface area (Å²) in [5.41, 5.74) is 2.65. The maximum absolute atomic E-state index is 13.2. The quantitative estimate of drug-likeness (QED) is 0.827. The Morgan fingerprint density at radius 1 is 1.32 bits per heavy atom. The highest BCUT2D eigenvalue weighted by Gasteiger charge is 2.24. The molecule has 2 aromatic rings. The lowest BCUT2D eigenvalue weighted by molar-refractivity contribution is -0.0295. The molecule has 152 valence electrons. The van der Waals surface area contributed by atoms with Gasteiger partial charge in [0.1, 0.15) is 5.82 Å². The SMILES string of the molecule is Cc1nn(-c2ccc(F)cc2)c(C)c1C(=O)NCC1CN(CC(C)C)CCO1. The van der Waals surface area contributed by atoms with Gasteiger partial charge >= 0.3 is 0 Å². The second-order valence-corrected chi connectivity index (χ2v) is 7.79. The number of nitrogens with zero attached hydrogens (tertiary/aromatic N) is 3. The van der Waals surface area contributed by atoms with E-state index in [4.69, 9.17) is 4.74 Å². The zero-order chi connectivity index (χ0) is 20.3. The van der Waals surface area contributed by atoms with Crippen LogP contribution in [-0.2, 0) is 4.74 Å². The molecule has 3 rings (SSSR count). The largest absolute Gasteiger partial charge is 0.374 e. The van der Waals surface area contributed by atoms with Gasteiger partial charge in [0, 0.05) is 26.2 Å². The molecule has 0 spiro atoms. The first kappa shape index (κ1) is 20.5.